The van der Waals surface area contributed by atoms with Gasteiger partial charge >= 0.3 is 5.97 Å². The van der Waals surface area contributed by atoms with E-state index in [4.69, 9.17) is 16.7 Å². The number of carbonyl (C=O) groups excluding carboxylic acids is 1. The molecule has 1 aromatic carbocycles. The predicted molar refractivity (Wildman–Crippen MR) is 87.6 cm³/mol. The van der Waals surface area contributed by atoms with Crippen LogP contribution in [0.3, 0.4) is 0 Å². The van der Waals surface area contributed by atoms with Gasteiger partial charge < -0.3 is 10.4 Å². The van der Waals surface area contributed by atoms with Crippen LogP contribution in [0.4, 0.5) is 0 Å². The highest BCUT2D eigenvalue weighted by Gasteiger charge is 2.28. The Bertz CT molecular complexity index is 763. The van der Waals surface area contributed by atoms with Gasteiger partial charge in [-0.05, 0) is 37.5 Å². The molecule has 2 unspecified atom stereocenters. The number of carboxylic acid groups (broad SMARTS) is 1. The number of fused-ring (bicyclic) bond motifs is 1. The van der Waals surface area contributed by atoms with E-state index in [1.54, 1.807) is 30.5 Å². The summed E-state index contributed by atoms with van der Waals surface area (Å²) in [5.74, 6) is -1.36. The van der Waals surface area contributed by atoms with Gasteiger partial charge in [-0.15, -0.1) is 0 Å². The Morgan fingerprint density at radius 1 is 1.26 bits per heavy atom. The second-order valence-corrected chi connectivity index (χ2v) is 6.30. The number of halogens is 1. The highest BCUT2D eigenvalue weighted by Crippen LogP contribution is 2.25. The molecule has 2 atom stereocenters. The molecular weight excluding hydrogens is 316 g/mol. The summed E-state index contributed by atoms with van der Waals surface area (Å²) in [6, 6.07) is 6.80. The van der Waals surface area contributed by atoms with Gasteiger partial charge in [0.1, 0.15) is 0 Å². The van der Waals surface area contributed by atoms with Crippen molar-refractivity contribution < 1.29 is 14.7 Å². The quantitative estimate of drug-likeness (QED) is 0.904. The number of amides is 1. The smallest absolute Gasteiger partial charge is 0.306 e. The van der Waals surface area contributed by atoms with Crippen molar-refractivity contribution in [1.82, 2.24) is 10.3 Å². The van der Waals surface area contributed by atoms with Gasteiger partial charge in [0.25, 0.3) is 5.91 Å². The number of hydrogen-bond donors (Lipinski definition) is 2. The van der Waals surface area contributed by atoms with E-state index in [1.807, 2.05) is 0 Å². The summed E-state index contributed by atoms with van der Waals surface area (Å²) in [5, 5.41) is 13.5. The number of benzene rings is 1. The third kappa shape index (κ3) is 3.45. The standard InChI is InChI=1S/C17H17ClN2O3/c18-14-6-7-19-15-9-10(4-5-13(14)15)16(21)20-12-3-1-2-11(8-12)17(22)23/h4-7,9,11-12H,1-3,8H2,(H,20,21)(H,22,23). The molecule has 6 heteroatoms. The van der Waals surface area contributed by atoms with Crippen LogP contribution >= 0.6 is 11.6 Å². The number of nitrogens with zero attached hydrogens (tertiary/aromatic N) is 1. The first-order chi connectivity index (χ1) is 11.0. The number of aliphatic carboxylic acids is 1. The SMILES string of the molecule is O=C(NC1CCCC(C(=O)O)C1)c1ccc2c(Cl)ccnc2c1. The maximum atomic E-state index is 12.4. The van der Waals surface area contributed by atoms with Crippen molar-refractivity contribution >= 4 is 34.4 Å². The Balaban J connectivity index is 1.74. The monoisotopic (exact) mass is 332 g/mol. The zero-order valence-electron chi connectivity index (χ0n) is 12.5. The summed E-state index contributed by atoms with van der Waals surface area (Å²) in [7, 11) is 0. The average Bonchev–Trinajstić information content (AvgIpc) is 2.55. The van der Waals surface area contributed by atoms with Crippen molar-refractivity contribution in [2.75, 3.05) is 0 Å². The zero-order chi connectivity index (χ0) is 16.4. The number of pyridine rings is 1. The molecule has 1 fully saturated rings. The Kier molecular flexibility index (Phi) is 4.48. The lowest BCUT2D eigenvalue weighted by Gasteiger charge is -2.27. The normalized spacial score (nSPS) is 21.1. The molecule has 0 saturated heterocycles. The van der Waals surface area contributed by atoms with Gasteiger partial charge in [0, 0.05) is 23.2 Å². The van der Waals surface area contributed by atoms with Crippen molar-refractivity contribution in [1.29, 1.82) is 0 Å². The second-order valence-electron chi connectivity index (χ2n) is 5.90. The lowest BCUT2D eigenvalue weighted by molar-refractivity contribution is -0.143. The number of rotatable bonds is 3. The number of nitrogens with one attached hydrogen (secondary N) is 1. The van der Waals surface area contributed by atoms with Crippen molar-refractivity contribution in [3.8, 4) is 0 Å². The first-order valence-corrected chi connectivity index (χ1v) is 8.00. The average molecular weight is 333 g/mol. The fourth-order valence-electron chi connectivity index (χ4n) is 3.07. The van der Waals surface area contributed by atoms with E-state index in [2.05, 4.69) is 10.3 Å². The van der Waals surface area contributed by atoms with E-state index in [1.165, 1.54) is 0 Å². The van der Waals surface area contributed by atoms with Gasteiger partial charge in [0.15, 0.2) is 0 Å². The largest absolute Gasteiger partial charge is 0.481 e. The van der Waals surface area contributed by atoms with Crippen molar-refractivity contribution in [2.24, 2.45) is 5.92 Å². The van der Waals surface area contributed by atoms with E-state index < -0.39 is 5.97 Å². The Hall–Kier alpha value is -2.14. The van der Waals surface area contributed by atoms with Crippen LogP contribution in [-0.4, -0.2) is 28.0 Å². The molecule has 1 amide bonds. The summed E-state index contributed by atoms with van der Waals surface area (Å²) < 4.78 is 0. The molecule has 3 rings (SSSR count). The molecule has 120 valence electrons. The molecule has 23 heavy (non-hydrogen) atoms. The third-order valence-corrected chi connectivity index (χ3v) is 4.64. The predicted octanol–water partition coefficient (Wildman–Crippen LogP) is 3.26. The van der Waals surface area contributed by atoms with Crippen LogP contribution in [-0.2, 0) is 4.79 Å². The summed E-state index contributed by atoms with van der Waals surface area (Å²) in [6.45, 7) is 0. The summed E-state index contributed by atoms with van der Waals surface area (Å²) in [5.41, 5.74) is 1.17. The number of hydrogen-bond acceptors (Lipinski definition) is 3. The molecule has 2 N–H and O–H groups in total. The van der Waals surface area contributed by atoms with E-state index in [-0.39, 0.29) is 17.9 Å². The van der Waals surface area contributed by atoms with Crippen LogP contribution in [0.15, 0.2) is 30.5 Å². The maximum absolute atomic E-state index is 12.4. The van der Waals surface area contributed by atoms with Crippen LogP contribution in [0, 0.1) is 5.92 Å². The highest BCUT2D eigenvalue weighted by molar-refractivity contribution is 6.35. The molecule has 1 aliphatic rings. The molecule has 1 aromatic heterocycles. The minimum Gasteiger partial charge on any atom is -0.481 e. The summed E-state index contributed by atoms with van der Waals surface area (Å²) >= 11 is 6.09. The second kappa shape index (κ2) is 6.54. The van der Waals surface area contributed by atoms with E-state index in [0.29, 0.717) is 28.9 Å². The minimum absolute atomic E-state index is 0.0969. The molecular formula is C17H17ClN2O3. The van der Waals surface area contributed by atoms with Gasteiger partial charge in [-0.1, -0.05) is 24.1 Å². The molecule has 2 aromatic rings. The van der Waals surface area contributed by atoms with E-state index in [0.717, 1.165) is 18.2 Å². The Morgan fingerprint density at radius 3 is 2.87 bits per heavy atom. The van der Waals surface area contributed by atoms with Crippen LogP contribution in [0.1, 0.15) is 36.0 Å². The van der Waals surface area contributed by atoms with Crippen molar-refractivity contribution in [3.63, 3.8) is 0 Å². The molecule has 0 bridgehead atoms. The number of carboxylic acids is 1. The first-order valence-electron chi connectivity index (χ1n) is 7.62. The molecule has 1 saturated carbocycles. The molecule has 1 heterocycles. The summed E-state index contributed by atoms with van der Waals surface area (Å²) in [6.07, 6.45) is 4.40. The first kappa shape index (κ1) is 15.7. The van der Waals surface area contributed by atoms with Gasteiger partial charge in [-0.2, -0.15) is 0 Å². The van der Waals surface area contributed by atoms with Crippen molar-refractivity contribution in [3.05, 3.63) is 41.0 Å². The lowest BCUT2D eigenvalue weighted by Crippen LogP contribution is -2.39. The summed E-state index contributed by atoms with van der Waals surface area (Å²) in [4.78, 5) is 27.7. The van der Waals surface area contributed by atoms with Gasteiger partial charge in [0.2, 0.25) is 0 Å². The molecule has 0 radical (unpaired) electrons. The molecule has 1 aliphatic carbocycles. The molecule has 0 aliphatic heterocycles. The zero-order valence-corrected chi connectivity index (χ0v) is 13.2. The van der Waals surface area contributed by atoms with Gasteiger partial charge in [-0.25, -0.2) is 0 Å². The fourth-order valence-corrected chi connectivity index (χ4v) is 3.28. The molecule has 0 spiro atoms. The van der Waals surface area contributed by atoms with Crippen LogP contribution in [0.2, 0.25) is 5.02 Å². The third-order valence-electron chi connectivity index (χ3n) is 4.31. The van der Waals surface area contributed by atoms with Crippen LogP contribution < -0.4 is 5.32 Å². The van der Waals surface area contributed by atoms with Crippen LogP contribution in [0.5, 0.6) is 0 Å². The number of carbonyl (C=O) groups is 2. The Labute approximate surface area is 138 Å². The minimum atomic E-state index is -0.784. The van der Waals surface area contributed by atoms with Gasteiger partial charge in [-0.3, -0.25) is 14.6 Å². The Morgan fingerprint density at radius 2 is 2.09 bits per heavy atom. The molecule has 5 nitrogen and oxygen atoms in total. The van der Waals surface area contributed by atoms with E-state index in [9.17, 15) is 9.59 Å². The lowest BCUT2D eigenvalue weighted by atomic mass is 9.85. The van der Waals surface area contributed by atoms with E-state index >= 15 is 0 Å². The highest BCUT2D eigenvalue weighted by atomic mass is 35.5. The fraction of sp³-hybridized carbons (Fsp3) is 0.353. The topological polar surface area (TPSA) is 79.3 Å². The van der Waals surface area contributed by atoms with Gasteiger partial charge in [0.05, 0.1) is 16.5 Å². The number of aromatic nitrogens is 1. The maximum Gasteiger partial charge on any atom is 0.306 e. The van der Waals surface area contributed by atoms with Crippen molar-refractivity contribution in [2.45, 2.75) is 31.7 Å². The van der Waals surface area contributed by atoms with Crippen LogP contribution in [0.25, 0.3) is 10.9 Å².